The Kier molecular flexibility index (Phi) is 7.50. The summed E-state index contributed by atoms with van der Waals surface area (Å²) in [5, 5.41) is 19.7. The summed E-state index contributed by atoms with van der Waals surface area (Å²) in [6.45, 7) is 3.90. The maximum Gasteiger partial charge on any atom is 0.410 e. The average molecular weight is 568 g/mol. The minimum atomic E-state index is -2.36. The Bertz CT molecular complexity index is 1600. The molecule has 5 rings (SSSR count). The molecule has 1 amide bonds. The number of amides is 1. The van der Waals surface area contributed by atoms with Crippen molar-refractivity contribution in [2.45, 2.75) is 51.7 Å². The third kappa shape index (κ3) is 5.38. The molecule has 1 unspecified atom stereocenters. The van der Waals surface area contributed by atoms with Gasteiger partial charge in [0.05, 0.1) is 21.7 Å². The van der Waals surface area contributed by atoms with E-state index in [0.29, 0.717) is 34.3 Å². The van der Waals surface area contributed by atoms with Crippen LogP contribution >= 0.6 is 11.6 Å². The minimum Gasteiger partial charge on any atom is -0.465 e. The van der Waals surface area contributed by atoms with E-state index in [4.69, 9.17) is 22.1 Å². The highest BCUT2D eigenvalue weighted by Gasteiger charge is 2.38. The van der Waals surface area contributed by atoms with Crippen LogP contribution in [0.3, 0.4) is 0 Å². The molecule has 4 heterocycles. The second-order valence-electron chi connectivity index (χ2n) is 10.4. The summed E-state index contributed by atoms with van der Waals surface area (Å²) in [4.78, 5) is 28.4. The number of nitrogens with one attached hydrogen (secondary N) is 2. The van der Waals surface area contributed by atoms with Crippen LogP contribution < -0.4 is 5.32 Å². The van der Waals surface area contributed by atoms with Crippen molar-refractivity contribution in [1.82, 2.24) is 29.8 Å². The van der Waals surface area contributed by atoms with Gasteiger partial charge in [-0.1, -0.05) is 31.4 Å². The molecule has 0 saturated heterocycles. The highest BCUT2D eigenvalue weighted by Crippen LogP contribution is 2.41. The van der Waals surface area contributed by atoms with Crippen molar-refractivity contribution in [2.24, 2.45) is 11.8 Å². The zero-order valence-electron chi connectivity index (χ0n) is 22.0. The number of amidine groups is 1. The van der Waals surface area contributed by atoms with Crippen LogP contribution in [-0.2, 0) is 12.2 Å². The lowest BCUT2D eigenvalue weighted by atomic mass is 9.83. The minimum absolute atomic E-state index is 0.124. The van der Waals surface area contributed by atoms with Gasteiger partial charge in [0, 0.05) is 30.7 Å². The number of halogens is 3. The molecule has 1 saturated carbocycles. The van der Waals surface area contributed by atoms with E-state index in [-0.39, 0.29) is 28.6 Å². The molecule has 4 aromatic rings. The largest absolute Gasteiger partial charge is 0.465 e. The van der Waals surface area contributed by atoms with Crippen LogP contribution in [0, 0.1) is 23.1 Å². The van der Waals surface area contributed by atoms with E-state index in [1.807, 2.05) is 5.32 Å². The fraction of sp³-hybridized carbons (Fsp3) is 0.357. The van der Waals surface area contributed by atoms with Crippen LogP contribution in [-0.4, -0.2) is 41.5 Å². The lowest BCUT2D eigenvalue weighted by Crippen LogP contribution is -2.30. The van der Waals surface area contributed by atoms with Gasteiger partial charge in [0.2, 0.25) is 0 Å². The molecule has 40 heavy (non-hydrogen) atoms. The number of alkyl halides is 1. The van der Waals surface area contributed by atoms with Crippen LogP contribution in [0.4, 0.5) is 13.6 Å². The van der Waals surface area contributed by atoms with Crippen molar-refractivity contribution in [3.05, 3.63) is 70.9 Å². The molecule has 1 atom stereocenters. The maximum atomic E-state index is 16.8. The number of hydrogen-bond donors (Lipinski definition) is 3. The number of carboxylic acid groups (broad SMARTS) is 1. The molecule has 3 N–H and O–H groups in total. The van der Waals surface area contributed by atoms with Gasteiger partial charge in [0.15, 0.2) is 17.3 Å². The molecule has 0 bridgehead atoms. The van der Waals surface area contributed by atoms with Crippen LogP contribution in [0.15, 0.2) is 42.9 Å². The van der Waals surface area contributed by atoms with Gasteiger partial charge in [-0.2, -0.15) is 0 Å². The number of aromatic nitrogens is 5. The Labute approximate surface area is 234 Å². The summed E-state index contributed by atoms with van der Waals surface area (Å²) in [5.41, 5.74) is -1.13. The normalized spacial score (nSPS) is 18.8. The molecule has 0 radical (unpaired) electrons. The standard InChI is InChI=1S/C28H28ClF2N7O2/c1-15-5-7-16(8-6-15)14-38-21(28(2,31)24-19(30)4-3-9-34-24)11-20-23(38)22(17-10-18(29)13-33-12-17)36-26(35-20)25(32)37-27(39)40/h3-4,9-13,15-16H,5-8,14H2,1-2H3,(H2,32,37)(H,39,40)/t15-,16-,28?. The third-order valence-corrected chi connectivity index (χ3v) is 7.65. The van der Waals surface area contributed by atoms with Gasteiger partial charge in [0.25, 0.3) is 0 Å². The van der Waals surface area contributed by atoms with Gasteiger partial charge in [0.1, 0.15) is 17.2 Å². The molecule has 1 aliphatic rings. The number of hydrogen-bond acceptors (Lipinski definition) is 6. The van der Waals surface area contributed by atoms with Crippen molar-refractivity contribution in [2.75, 3.05) is 0 Å². The molecular formula is C28H28ClF2N7O2. The smallest absolute Gasteiger partial charge is 0.410 e. The topological polar surface area (TPSA) is 130 Å². The fourth-order valence-electron chi connectivity index (χ4n) is 5.39. The predicted molar refractivity (Wildman–Crippen MR) is 147 cm³/mol. The first-order valence-electron chi connectivity index (χ1n) is 13.0. The van der Waals surface area contributed by atoms with Crippen LogP contribution in [0.5, 0.6) is 0 Å². The zero-order chi connectivity index (χ0) is 28.6. The third-order valence-electron chi connectivity index (χ3n) is 7.44. The molecule has 1 aliphatic carbocycles. The monoisotopic (exact) mass is 567 g/mol. The molecular weight excluding hydrogens is 540 g/mol. The quantitative estimate of drug-likeness (QED) is 0.184. The van der Waals surface area contributed by atoms with Gasteiger partial charge in [-0.25, -0.2) is 23.5 Å². The zero-order valence-corrected chi connectivity index (χ0v) is 22.7. The Hall–Kier alpha value is -3.99. The van der Waals surface area contributed by atoms with Crippen LogP contribution in [0.1, 0.15) is 56.7 Å². The van der Waals surface area contributed by atoms with E-state index in [2.05, 4.69) is 26.9 Å². The molecule has 0 aromatic carbocycles. The number of rotatable bonds is 6. The van der Waals surface area contributed by atoms with Crippen molar-refractivity contribution in [1.29, 1.82) is 5.41 Å². The van der Waals surface area contributed by atoms with Crippen LogP contribution in [0.25, 0.3) is 22.3 Å². The Balaban J connectivity index is 1.79. The molecule has 0 aliphatic heterocycles. The van der Waals surface area contributed by atoms with Gasteiger partial charge < -0.3 is 9.67 Å². The summed E-state index contributed by atoms with van der Waals surface area (Å²) < 4.78 is 33.5. The molecule has 4 aromatic heterocycles. The first-order valence-corrected chi connectivity index (χ1v) is 13.3. The SMILES string of the molecule is CC(F)(c1ncccc1F)c1cc2nc(C(=N)NC(=O)O)nc(-c3cncc(Cl)c3)c2n1C[C@H]1CC[C@H](C)CC1. The Morgan fingerprint density at radius 3 is 2.67 bits per heavy atom. The molecule has 1 fully saturated rings. The van der Waals surface area contributed by atoms with E-state index >= 15 is 4.39 Å². The van der Waals surface area contributed by atoms with Crippen molar-refractivity contribution >= 4 is 34.6 Å². The van der Waals surface area contributed by atoms with Crippen LogP contribution in [0.2, 0.25) is 5.02 Å². The van der Waals surface area contributed by atoms with Crippen molar-refractivity contribution < 1.29 is 18.7 Å². The highest BCUT2D eigenvalue weighted by molar-refractivity contribution is 6.30. The summed E-state index contributed by atoms with van der Waals surface area (Å²) >= 11 is 6.25. The second kappa shape index (κ2) is 10.9. The van der Waals surface area contributed by atoms with Crippen molar-refractivity contribution in [3.63, 3.8) is 0 Å². The molecule has 208 valence electrons. The van der Waals surface area contributed by atoms with E-state index in [1.165, 1.54) is 37.6 Å². The maximum absolute atomic E-state index is 16.8. The van der Waals surface area contributed by atoms with E-state index in [0.717, 1.165) is 31.7 Å². The molecule has 12 heteroatoms. The van der Waals surface area contributed by atoms with E-state index < -0.39 is 23.4 Å². The number of carbonyl (C=O) groups is 1. The van der Waals surface area contributed by atoms with Gasteiger partial charge in [-0.3, -0.25) is 20.7 Å². The fourth-order valence-corrected chi connectivity index (χ4v) is 5.56. The van der Waals surface area contributed by atoms with E-state index in [1.54, 1.807) is 10.6 Å². The lowest BCUT2D eigenvalue weighted by molar-refractivity contribution is 0.200. The van der Waals surface area contributed by atoms with Crippen molar-refractivity contribution in [3.8, 4) is 11.3 Å². The lowest BCUT2D eigenvalue weighted by Gasteiger charge is -2.29. The first-order chi connectivity index (χ1) is 19.0. The number of pyridine rings is 2. The Morgan fingerprint density at radius 2 is 2.00 bits per heavy atom. The number of nitrogens with zero attached hydrogens (tertiary/aromatic N) is 5. The summed E-state index contributed by atoms with van der Waals surface area (Å²) in [6, 6.07) is 5.68. The van der Waals surface area contributed by atoms with E-state index in [9.17, 15) is 9.18 Å². The second-order valence-corrected chi connectivity index (χ2v) is 10.9. The molecule has 9 nitrogen and oxygen atoms in total. The predicted octanol–water partition coefficient (Wildman–Crippen LogP) is 6.33. The molecule has 0 spiro atoms. The van der Waals surface area contributed by atoms with Gasteiger partial charge >= 0.3 is 6.09 Å². The average Bonchev–Trinajstić information content (AvgIpc) is 3.28. The summed E-state index contributed by atoms with van der Waals surface area (Å²) in [7, 11) is 0. The summed E-state index contributed by atoms with van der Waals surface area (Å²) in [5.74, 6) is -0.719. The summed E-state index contributed by atoms with van der Waals surface area (Å²) in [6.07, 6.45) is 6.85. The Morgan fingerprint density at radius 1 is 1.25 bits per heavy atom. The highest BCUT2D eigenvalue weighted by atomic mass is 35.5. The number of fused-ring (bicyclic) bond motifs is 1. The van der Waals surface area contributed by atoms with Gasteiger partial charge in [-0.05, 0) is 55.9 Å². The van der Waals surface area contributed by atoms with Gasteiger partial charge in [-0.15, -0.1) is 0 Å². The first kappa shape index (κ1) is 27.6.